The number of hydrogen-bond acceptors (Lipinski definition) is 4. The molecule has 3 rings (SSSR count). The molecule has 2 fully saturated rings. The van der Waals surface area contributed by atoms with Gasteiger partial charge in [0.05, 0.1) is 17.8 Å². The van der Waals surface area contributed by atoms with E-state index in [0.29, 0.717) is 5.92 Å². The molecule has 6 heteroatoms. The molecule has 0 bridgehead atoms. The van der Waals surface area contributed by atoms with Crippen LogP contribution in [0.3, 0.4) is 0 Å². The van der Waals surface area contributed by atoms with Gasteiger partial charge in [0.1, 0.15) is 0 Å². The number of hydrogen-bond donors (Lipinski definition) is 1. The lowest BCUT2D eigenvalue weighted by molar-refractivity contribution is -0.117. The van der Waals surface area contributed by atoms with Gasteiger partial charge >= 0.3 is 0 Å². The Balaban J connectivity index is 1.79. The van der Waals surface area contributed by atoms with E-state index in [4.69, 9.17) is 10.5 Å². The minimum atomic E-state index is -0.340. The number of nitrogens with two attached hydrogens (primary N) is 1. The molecule has 1 amide bonds. The molecular weight excluding hydrogens is 256 g/mol. The molecule has 1 saturated carbocycles. The minimum absolute atomic E-state index is 0.191. The molecule has 20 heavy (non-hydrogen) atoms. The van der Waals surface area contributed by atoms with Gasteiger partial charge in [0.15, 0.2) is 0 Å². The maximum atomic E-state index is 11.2. The second-order valence-electron chi connectivity index (χ2n) is 5.91. The zero-order valence-electron chi connectivity index (χ0n) is 11.8. The average Bonchev–Trinajstić information content (AvgIpc) is 3.19. The Morgan fingerprint density at radius 3 is 2.70 bits per heavy atom. The molecule has 2 N–H and O–H groups in total. The van der Waals surface area contributed by atoms with Crippen molar-refractivity contribution in [2.24, 2.45) is 11.7 Å². The van der Waals surface area contributed by atoms with E-state index in [1.54, 1.807) is 0 Å². The van der Waals surface area contributed by atoms with Gasteiger partial charge in [-0.3, -0.25) is 4.79 Å². The van der Waals surface area contributed by atoms with Crippen molar-refractivity contribution >= 4 is 5.91 Å². The molecule has 2 aliphatic rings. The highest BCUT2D eigenvalue weighted by atomic mass is 16.5. The summed E-state index contributed by atoms with van der Waals surface area (Å²) in [6.45, 7) is 2.45. The van der Waals surface area contributed by atoms with E-state index in [1.165, 1.54) is 12.8 Å². The Hall–Kier alpha value is -1.43. The van der Waals surface area contributed by atoms with Crippen LogP contribution in [0.2, 0.25) is 0 Å². The number of carbonyl (C=O) groups is 1. The first-order chi connectivity index (χ1) is 9.74. The molecule has 1 aromatic rings. The van der Waals surface area contributed by atoms with Crippen LogP contribution in [0.5, 0.6) is 0 Å². The summed E-state index contributed by atoms with van der Waals surface area (Å²) in [5.41, 5.74) is 7.21. The molecule has 110 valence electrons. The van der Waals surface area contributed by atoms with E-state index < -0.39 is 0 Å². The summed E-state index contributed by atoms with van der Waals surface area (Å²) < 4.78 is 7.43. The van der Waals surface area contributed by atoms with Crippen LogP contribution >= 0.6 is 0 Å². The van der Waals surface area contributed by atoms with Gasteiger partial charge < -0.3 is 10.5 Å². The highest BCUT2D eigenvalue weighted by Crippen LogP contribution is 2.34. The van der Waals surface area contributed by atoms with Crippen molar-refractivity contribution in [1.82, 2.24) is 15.0 Å². The molecule has 0 atom stereocenters. The van der Waals surface area contributed by atoms with E-state index >= 15 is 0 Å². The number of carbonyl (C=O) groups excluding carboxylic acids is 1. The summed E-state index contributed by atoms with van der Waals surface area (Å²) in [5.74, 6) is 0.918. The standard InChI is InChI=1S/C14H22N4O2/c15-13(19)9-12-14(11-4-7-20-8-5-11)18(17-16-12)6-3-10-1-2-10/h10-11H,1-9H2,(H2,15,19). The maximum Gasteiger partial charge on any atom is 0.223 e. The number of amides is 1. The van der Waals surface area contributed by atoms with Gasteiger partial charge in [0.25, 0.3) is 0 Å². The van der Waals surface area contributed by atoms with Crippen LogP contribution in [0, 0.1) is 5.92 Å². The van der Waals surface area contributed by atoms with E-state index in [1.807, 2.05) is 4.68 Å². The minimum Gasteiger partial charge on any atom is -0.381 e. The summed E-state index contributed by atoms with van der Waals surface area (Å²) in [6, 6.07) is 0. The van der Waals surface area contributed by atoms with E-state index in [0.717, 1.165) is 56.3 Å². The Kier molecular flexibility index (Phi) is 4.00. The van der Waals surface area contributed by atoms with Crippen LogP contribution in [-0.4, -0.2) is 34.1 Å². The molecule has 2 heterocycles. The number of ether oxygens (including phenoxy) is 1. The first-order valence-electron chi connectivity index (χ1n) is 7.52. The molecule has 0 spiro atoms. The third-order valence-corrected chi connectivity index (χ3v) is 4.24. The van der Waals surface area contributed by atoms with Crippen molar-refractivity contribution in [3.8, 4) is 0 Å². The topological polar surface area (TPSA) is 83.0 Å². The van der Waals surface area contributed by atoms with Crippen molar-refractivity contribution < 1.29 is 9.53 Å². The first kappa shape index (κ1) is 13.5. The van der Waals surface area contributed by atoms with Crippen molar-refractivity contribution in [2.75, 3.05) is 13.2 Å². The fourth-order valence-electron chi connectivity index (χ4n) is 2.94. The highest BCUT2D eigenvalue weighted by Gasteiger charge is 2.27. The summed E-state index contributed by atoms with van der Waals surface area (Å²) in [7, 11) is 0. The van der Waals surface area contributed by atoms with Crippen LogP contribution < -0.4 is 5.73 Å². The molecule has 1 aliphatic carbocycles. The van der Waals surface area contributed by atoms with E-state index in [-0.39, 0.29) is 12.3 Å². The largest absolute Gasteiger partial charge is 0.381 e. The Bertz CT molecular complexity index is 476. The summed E-state index contributed by atoms with van der Waals surface area (Å²) >= 11 is 0. The molecule has 1 aliphatic heterocycles. The third-order valence-electron chi connectivity index (χ3n) is 4.24. The zero-order chi connectivity index (χ0) is 13.9. The molecule has 0 radical (unpaired) electrons. The van der Waals surface area contributed by atoms with Gasteiger partial charge in [-0.2, -0.15) is 0 Å². The normalized spacial score (nSPS) is 20.2. The lowest BCUT2D eigenvalue weighted by Gasteiger charge is -2.23. The SMILES string of the molecule is NC(=O)Cc1nnn(CCC2CC2)c1C1CCOCC1. The molecule has 0 unspecified atom stereocenters. The second kappa shape index (κ2) is 5.91. The average molecular weight is 278 g/mol. The Labute approximate surface area is 118 Å². The van der Waals surface area contributed by atoms with E-state index in [9.17, 15) is 4.79 Å². The van der Waals surface area contributed by atoms with Crippen LogP contribution in [0.25, 0.3) is 0 Å². The summed E-state index contributed by atoms with van der Waals surface area (Å²) in [4.78, 5) is 11.2. The first-order valence-corrected chi connectivity index (χ1v) is 7.52. The molecule has 1 saturated heterocycles. The van der Waals surface area contributed by atoms with Crippen LogP contribution in [0.1, 0.15) is 49.4 Å². The Morgan fingerprint density at radius 2 is 2.05 bits per heavy atom. The second-order valence-corrected chi connectivity index (χ2v) is 5.91. The number of aromatic nitrogens is 3. The summed E-state index contributed by atoms with van der Waals surface area (Å²) in [6.07, 6.45) is 5.99. The zero-order valence-corrected chi connectivity index (χ0v) is 11.8. The quantitative estimate of drug-likeness (QED) is 0.841. The van der Waals surface area contributed by atoms with Crippen molar-refractivity contribution in [3.05, 3.63) is 11.4 Å². The molecule has 1 aromatic heterocycles. The number of rotatable bonds is 6. The summed E-state index contributed by atoms with van der Waals surface area (Å²) in [5, 5.41) is 8.46. The fraction of sp³-hybridized carbons (Fsp3) is 0.786. The van der Waals surface area contributed by atoms with Crippen LogP contribution in [0.4, 0.5) is 0 Å². The number of nitrogens with zero attached hydrogens (tertiary/aromatic N) is 3. The molecule has 6 nitrogen and oxygen atoms in total. The van der Waals surface area contributed by atoms with E-state index in [2.05, 4.69) is 10.3 Å². The number of aryl methyl sites for hydroxylation is 1. The van der Waals surface area contributed by atoms with Gasteiger partial charge in [0.2, 0.25) is 5.91 Å². The lowest BCUT2D eigenvalue weighted by atomic mass is 9.94. The van der Waals surface area contributed by atoms with Gasteiger partial charge in [-0.15, -0.1) is 5.10 Å². The van der Waals surface area contributed by atoms with Gasteiger partial charge in [-0.05, 0) is 25.2 Å². The van der Waals surface area contributed by atoms with Gasteiger partial charge in [0, 0.05) is 25.7 Å². The lowest BCUT2D eigenvalue weighted by Crippen LogP contribution is -2.21. The van der Waals surface area contributed by atoms with Crippen LogP contribution in [0.15, 0.2) is 0 Å². The molecule has 0 aromatic carbocycles. The van der Waals surface area contributed by atoms with Crippen molar-refractivity contribution in [1.29, 1.82) is 0 Å². The fourth-order valence-corrected chi connectivity index (χ4v) is 2.94. The number of primary amides is 1. The highest BCUT2D eigenvalue weighted by molar-refractivity contribution is 5.76. The van der Waals surface area contributed by atoms with Crippen molar-refractivity contribution in [2.45, 2.75) is 51.0 Å². The van der Waals surface area contributed by atoms with Crippen molar-refractivity contribution in [3.63, 3.8) is 0 Å². The smallest absolute Gasteiger partial charge is 0.223 e. The maximum absolute atomic E-state index is 11.2. The predicted octanol–water partition coefficient (Wildman–Crippen LogP) is 1.000. The Morgan fingerprint density at radius 1 is 1.30 bits per heavy atom. The van der Waals surface area contributed by atoms with Crippen LogP contribution in [-0.2, 0) is 22.5 Å². The molecular formula is C14H22N4O2. The van der Waals surface area contributed by atoms with Gasteiger partial charge in [-0.1, -0.05) is 18.1 Å². The third kappa shape index (κ3) is 3.17. The monoisotopic (exact) mass is 278 g/mol. The predicted molar refractivity (Wildman–Crippen MR) is 73.1 cm³/mol. The van der Waals surface area contributed by atoms with Gasteiger partial charge in [-0.25, -0.2) is 4.68 Å².